The zero-order valence-corrected chi connectivity index (χ0v) is 16.5. The topological polar surface area (TPSA) is 58.5 Å². The SMILES string of the molecule is CCNC(=NCc1ccccc1OC(C)(C)C)NCc1cnc(C)s1. The van der Waals surface area contributed by atoms with E-state index in [9.17, 15) is 0 Å². The van der Waals surface area contributed by atoms with Gasteiger partial charge >= 0.3 is 0 Å². The lowest BCUT2D eigenvalue weighted by molar-refractivity contribution is 0.129. The molecule has 0 aliphatic carbocycles. The molecule has 0 unspecified atom stereocenters. The van der Waals surface area contributed by atoms with Crippen molar-refractivity contribution in [2.45, 2.75) is 53.3 Å². The van der Waals surface area contributed by atoms with Crippen molar-refractivity contribution in [2.24, 2.45) is 4.99 Å². The van der Waals surface area contributed by atoms with Crippen LogP contribution in [0.15, 0.2) is 35.5 Å². The number of nitrogens with zero attached hydrogens (tertiary/aromatic N) is 2. The average molecular weight is 361 g/mol. The second kappa shape index (κ2) is 8.85. The van der Waals surface area contributed by atoms with E-state index in [1.54, 1.807) is 11.3 Å². The summed E-state index contributed by atoms with van der Waals surface area (Å²) in [7, 11) is 0. The predicted molar refractivity (Wildman–Crippen MR) is 105 cm³/mol. The normalized spacial score (nSPS) is 12.1. The number of hydrogen-bond donors (Lipinski definition) is 2. The van der Waals surface area contributed by atoms with Crippen LogP contribution in [-0.4, -0.2) is 23.1 Å². The molecule has 6 heteroatoms. The second-order valence-electron chi connectivity index (χ2n) is 6.72. The van der Waals surface area contributed by atoms with E-state index < -0.39 is 0 Å². The zero-order valence-electron chi connectivity index (χ0n) is 15.7. The predicted octanol–water partition coefficient (Wildman–Crippen LogP) is 3.88. The van der Waals surface area contributed by atoms with Gasteiger partial charge in [0.15, 0.2) is 5.96 Å². The van der Waals surface area contributed by atoms with Gasteiger partial charge in [0.25, 0.3) is 0 Å². The van der Waals surface area contributed by atoms with Gasteiger partial charge in [-0.05, 0) is 40.7 Å². The summed E-state index contributed by atoms with van der Waals surface area (Å²) >= 11 is 1.69. The highest BCUT2D eigenvalue weighted by molar-refractivity contribution is 7.11. The maximum atomic E-state index is 6.04. The van der Waals surface area contributed by atoms with Crippen molar-refractivity contribution >= 4 is 17.3 Å². The molecule has 0 saturated carbocycles. The smallest absolute Gasteiger partial charge is 0.191 e. The third kappa shape index (κ3) is 6.74. The van der Waals surface area contributed by atoms with Gasteiger partial charge in [-0.2, -0.15) is 0 Å². The first kappa shape index (κ1) is 19.2. The average Bonchev–Trinajstić information content (AvgIpc) is 2.95. The highest BCUT2D eigenvalue weighted by Gasteiger charge is 2.14. The van der Waals surface area contributed by atoms with Gasteiger partial charge in [-0.25, -0.2) is 9.98 Å². The number of aryl methyl sites for hydroxylation is 1. The molecule has 136 valence electrons. The molecular formula is C19H28N4OS. The van der Waals surface area contributed by atoms with Crippen molar-refractivity contribution in [1.29, 1.82) is 0 Å². The largest absolute Gasteiger partial charge is 0.488 e. The first-order valence-corrected chi connectivity index (χ1v) is 9.39. The molecule has 0 spiro atoms. The molecule has 2 N–H and O–H groups in total. The lowest BCUT2D eigenvalue weighted by atomic mass is 10.1. The van der Waals surface area contributed by atoms with Gasteiger partial charge in [-0.15, -0.1) is 11.3 Å². The van der Waals surface area contributed by atoms with Crippen molar-refractivity contribution < 1.29 is 4.74 Å². The molecular weight excluding hydrogens is 332 g/mol. The molecule has 1 heterocycles. The van der Waals surface area contributed by atoms with Gasteiger partial charge in [0.05, 0.1) is 18.1 Å². The molecule has 5 nitrogen and oxygen atoms in total. The molecule has 1 aromatic carbocycles. The van der Waals surface area contributed by atoms with E-state index in [0.717, 1.165) is 35.4 Å². The summed E-state index contributed by atoms with van der Waals surface area (Å²) < 4.78 is 6.04. The van der Waals surface area contributed by atoms with E-state index in [1.807, 2.05) is 31.3 Å². The quantitative estimate of drug-likeness (QED) is 0.606. The van der Waals surface area contributed by atoms with Crippen LogP contribution >= 0.6 is 11.3 Å². The third-order valence-electron chi connectivity index (χ3n) is 3.24. The first-order chi connectivity index (χ1) is 11.9. The van der Waals surface area contributed by atoms with Gasteiger partial charge < -0.3 is 15.4 Å². The number of aromatic nitrogens is 1. The summed E-state index contributed by atoms with van der Waals surface area (Å²) in [6.45, 7) is 12.3. The minimum atomic E-state index is -0.230. The Bertz CT molecular complexity index is 703. The first-order valence-electron chi connectivity index (χ1n) is 8.58. The molecule has 0 bridgehead atoms. The molecule has 2 rings (SSSR count). The molecule has 0 atom stereocenters. The third-order valence-corrected chi connectivity index (χ3v) is 4.15. The molecule has 0 aliphatic heterocycles. The summed E-state index contributed by atoms with van der Waals surface area (Å²) in [4.78, 5) is 10.2. The molecule has 0 radical (unpaired) electrons. The number of guanidine groups is 1. The zero-order chi connectivity index (χ0) is 18.3. The van der Waals surface area contributed by atoms with Crippen LogP contribution in [0.4, 0.5) is 0 Å². The number of nitrogens with one attached hydrogen (secondary N) is 2. The van der Waals surface area contributed by atoms with Gasteiger partial charge in [0, 0.05) is 23.2 Å². The maximum absolute atomic E-state index is 6.04. The van der Waals surface area contributed by atoms with Gasteiger partial charge in [-0.3, -0.25) is 0 Å². The fourth-order valence-electron chi connectivity index (χ4n) is 2.23. The number of para-hydroxylation sites is 1. The maximum Gasteiger partial charge on any atom is 0.191 e. The number of thiazole rings is 1. The van der Waals surface area contributed by atoms with Crippen LogP contribution in [0.25, 0.3) is 0 Å². The van der Waals surface area contributed by atoms with E-state index in [0.29, 0.717) is 6.54 Å². The van der Waals surface area contributed by atoms with Crippen LogP contribution in [0.5, 0.6) is 5.75 Å². The number of hydrogen-bond acceptors (Lipinski definition) is 4. The molecule has 0 amide bonds. The number of rotatable bonds is 6. The number of benzene rings is 1. The molecule has 0 fully saturated rings. The number of aliphatic imine (C=N–C) groups is 1. The Morgan fingerprint density at radius 1 is 1.24 bits per heavy atom. The second-order valence-corrected chi connectivity index (χ2v) is 8.04. The van der Waals surface area contributed by atoms with E-state index in [1.165, 1.54) is 4.88 Å². The van der Waals surface area contributed by atoms with E-state index in [4.69, 9.17) is 9.73 Å². The molecule has 1 aromatic heterocycles. The highest BCUT2D eigenvalue weighted by Crippen LogP contribution is 2.23. The van der Waals surface area contributed by atoms with Crippen LogP contribution in [0.3, 0.4) is 0 Å². The van der Waals surface area contributed by atoms with Crippen LogP contribution in [0, 0.1) is 6.92 Å². The Balaban J connectivity index is 2.05. The van der Waals surface area contributed by atoms with Crippen LogP contribution in [0.1, 0.15) is 43.1 Å². The Labute approximate surface area is 154 Å². The Kier molecular flexibility index (Phi) is 6.82. The van der Waals surface area contributed by atoms with E-state index in [-0.39, 0.29) is 5.60 Å². The summed E-state index contributed by atoms with van der Waals surface area (Å²) in [6.07, 6.45) is 1.91. The summed E-state index contributed by atoms with van der Waals surface area (Å²) in [5, 5.41) is 7.71. The van der Waals surface area contributed by atoms with Gasteiger partial charge in [-0.1, -0.05) is 18.2 Å². The minimum Gasteiger partial charge on any atom is -0.488 e. The van der Waals surface area contributed by atoms with E-state index in [2.05, 4.69) is 49.4 Å². The fourth-order valence-corrected chi connectivity index (χ4v) is 2.96. The Morgan fingerprint density at radius 2 is 2.00 bits per heavy atom. The molecule has 0 aliphatic rings. The summed E-state index contributed by atoms with van der Waals surface area (Å²) in [6, 6.07) is 8.06. The summed E-state index contributed by atoms with van der Waals surface area (Å²) in [5.41, 5.74) is 0.843. The molecule has 0 saturated heterocycles. The van der Waals surface area contributed by atoms with Crippen LogP contribution in [0.2, 0.25) is 0 Å². The molecule has 25 heavy (non-hydrogen) atoms. The lowest BCUT2D eigenvalue weighted by Gasteiger charge is -2.23. The van der Waals surface area contributed by atoms with E-state index >= 15 is 0 Å². The Hall–Kier alpha value is -2.08. The molecule has 2 aromatic rings. The van der Waals surface area contributed by atoms with Crippen molar-refractivity contribution in [3.63, 3.8) is 0 Å². The van der Waals surface area contributed by atoms with Crippen molar-refractivity contribution in [2.75, 3.05) is 6.54 Å². The fraction of sp³-hybridized carbons (Fsp3) is 0.474. The van der Waals surface area contributed by atoms with Crippen molar-refractivity contribution in [3.8, 4) is 5.75 Å². The van der Waals surface area contributed by atoms with Crippen molar-refractivity contribution in [1.82, 2.24) is 15.6 Å². The monoisotopic (exact) mass is 360 g/mol. The minimum absolute atomic E-state index is 0.230. The highest BCUT2D eigenvalue weighted by atomic mass is 32.1. The van der Waals surface area contributed by atoms with Crippen molar-refractivity contribution in [3.05, 3.63) is 45.9 Å². The van der Waals surface area contributed by atoms with Gasteiger partial charge in [0.1, 0.15) is 11.4 Å². The number of ether oxygens (including phenoxy) is 1. The Morgan fingerprint density at radius 3 is 2.64 bits per heavy atom. The standard InChI is InChI=1S/C19H28N4OS/c1-6-20-18(23-13-16-12-21-14(2)25-16)22-11-15-9-7-8-10-17(15)24-19(3,4)5/h7-10,12H,6,11,13H2,1-5H3,(H2,20,22,23). The lowest BCUT2D eigenvalue weighted by Crippen LogP contribution is -2.36. The van der Waals surface area contributed by atoms with Gasteiger partial charge in [0.2, 0.25) is 0 Å². The van der Waals surface area contributed by atoms with Crippen LogP contribution < -0.4 is 15.4 Å². The summed E-state index contributed by atoms with van der Waals surface area (Å²) in [5.74, 6) is 1.67. The van der Waals surface area contributed by atoms with Crippen LogP contribution in [-0.2, 0) is 13.1 Å².